The van der Waals surface area contributed by atoms with E-state index in [9.17, 15) is 9.90 Å². The van der Waals surface area contributed by atoms with Crippen LogP contribution < -0.4 is 15.1 Å². The van der Waals surface area contributed by atoms with E-state index in [-0.39, 0.29) is 17.9 Å². The molecule has 7 heteroatoms. The molecule has 0 bridgehead atoms. The van der Waals surface area contributed by atoms with Crippen molar-refractivity contribution in [2.45, 2.75) is 56.4 Å². The Balaban J connectivity index is 0.788. The van der Waals surface area contributed by atoms with Crippen LogP contribution in [-0.2, 0) is 6.42 Å². The number of hydrogen-bond acceptors (Lipinski definition) is 6. The van der Waals surface area contributed by atoms with Gasteiger partial charge in [-0.25, -0.2) is 0 Å². The average molecular weight is 732 g/mol. The van der Waals surface area contributed by atoms with E-state index < -0.39 is 0 Å². The van der Waals surface area contributed by atoms with Gasteiger partial charge in [-0.3, -0.25) is 14.6 Å². The Hall–Kier alpha value is -5.27. The third-order valence-electron chi connectivity index (χ3n) is 13.1. The van der Waals surface area contributed by atoms with Crippen LogP contribution >= 0.6 is 0 Å². The summed E-state index contributed by atoms with van der Waals surface area (Å²) in [7, 11) is 0. The molecule has 5 aliphatic rings. The number of amides is 1. The molecule has 4 aromatic rings. The van der Waals surface area contributed by atoms with Gasteiger partial charge in [-0.05, 0) is 115 Å². The van der Waals surface area contributed by atoms with Crippen LogP contribution in [0.25, 0.3) is 5.70 Å². The lowest BCUT2D eigenvalue weighted by Gasteiger charge is -2.40. The van der Waals surface area contributed by atoms with Gasteiger partial charge in [0.05, 0.1) is 6.04 Å². The van der Waals surface area contributed by atoms with Crippen LogP contribution in [0.1, 0.15) is 82.1 Å². The van der Waals surface area contributed by atoms with E-state index in [0.717, 1.165) is 99.7 Å². The van der Waals surface area contributed by atoms with E-state index in [1.807, 2.05) is 23.1 Å². The maximum Gasteiger partial charge on any atom is 0.259 e. The highest BCUT2D eigenvalue weighted by Crippen LogP contribution is 2.47. The quantitative estimate of drug-likeness (QED) is 0.199. The molecule has 0 aromatic heterocycles. The largest absolute Gasteiger partial charge is 0.508 e. The molecule has 7 nitrogen and oxygen atoms in total. The first-order valence-electron chi connectivity index (χ1n) is 20.3. The predicted octanol–water partition coefficient (Wildman–Crippen LogP) is 8.50. The molecule has 4 heterocycles. The Morgan fingerprint density at radius 2 is 1.42 bits per heavy atom. The summed E-state index contributed by atoms with van der Waals surface area (Å²) in [5.74, 6) is 1.78. The number of benzene rings is 4. The van der Waals surface area contributed by atoms with Crippen molar-refractivity contribution in [3.05, 3.63) is 156 Å². The summed E-state index contributed by atoms with van der Waals surface area (Å²) in [5, 5.41) is 13.5. The summed E-state index contributed by atoms with van der Waals surface area (Å²) in [6, 6.07) is 32.5. The number of aryl methyl sites for hydroxylation is 1. The number of allylic oxidation sites excluding steroid dienone is 1. The summed E-state index contributed by atoms with van der Waals surface area (Å²) in [5.41, 5.74) is 12.1. The highest BCUT2D eigenvalue weighted by molar-refractivity contribution is 6.09. The van der Waals surface area contributed by atoms with Gasteiger partial charge in [-0.15, -0.1) is 0 Å². The summed E-state index contributed by atoms with van der Waals surface area (Å²) in [6.45, 7) is 20.0. The molecular formula is C48H53N5O2. The van der Waals surface area contributed by atoms with Crippen LogP contribution in [0.15, 0.2) is 122 Å². The van der Waals surface area contributed by atoms with Crippen molar-refractivity contribution in [2.75, 3.05) is 55.6 Å². The first-order chi connectivity index (χ1) is 26.8. The fourth-order valence-electron chi connectivity index (χ4n) is 10.1. The number of fused-ring (bicyclic) bond motifs is 2. The van der Waals surface area contributed by atoms with Crippen molar-refractivity contribution in [3.63, 3.8) is 0 Å². The Kier molecular flexibility index (Phi) is 9.51. The van der Waals surface area contributed by atoms with Gasteiger partial charge >= 0.3 is 0 Å². The molecule has 0 radical (unpaired) electrons. The minimum Gasteiger partial charge on any atom is -0.508 e. The number of piperazine rings is 1. The van der Waals surface area contributed by atoms with E-state index in [1.54, 1.807) is 0 Å². The highest BCUT2D eigenvalue weighted by atomic mass is 16.3. The number of phenols is 1. The Morgan fingerprint density at radius 1 is 0.691 bits per heavy atom. The maximum absolute atomic E-state index is 13.5. The molecule has 4 aromatic carbocycles. The van der Waals surface area contributed by atoms with Crippen LogP contribution in [0.2, 0.25) is 0 Å². The lowest BCUT2D eigenvalue weighted by Crippen LogP contribution is -2.49. The van der Waals surface area contributed by atoms with Gasteiger partial charge in [-0.2, -0.15) is 0 Å². The number of aromatic hydroxyl groups is 1. The second-order valence-electron chi connectivity index (χ2n) is 16.4. The predicted molar refractivity (Wildman–Crippen MR) is 224 cm³/mol. The SMILES string of the molecule is C=C1CCC(N2C(=C)c3cc(N4CCN(CC5CCN(c6ccc(C7c8ccc(O)cc8CCC7c7ccccc7)cc6)CC5)CC4)ccc3C2=O)C(=C)N1. The molecule has 2 N–H and O–H groups in total. The number of nitrogens with zero attached hydrogens (tertiary/aromatic N) is 4. The fraction of sp³-hybridized carbons (Fsp3) is 0.354. The molecule has 1 aliphatic carbocycles. The van der Waals surface area contributed by atoms with Gasteiger partial charge in [0.2, 0.25) is 0 Å². The zero-order valence-corrected chi connectivity index (χ0v) is 31.9. The standard InChI is InChI=1S/C48H53N5O2/c1-32-9-20-46(33(2)49-32)53-34(3)45-30-40(15-18-44(45)48(53)55)52-27-25-50(26-28-52)31-35-21-23-51(24-22-35)39-13-10-37(11-14-39)47-42(36-7-5-4-6-8-36)17-12-38-29-41(54)16-19-43(38)47/h4-8,10-11,13-16,18-19,29-30,35,42,46-47,49,54H,1-3,9,12,17,20-28,31H2. The topological polar surface area (TPSA) is 62.3 Å². The molecule has 3 fully saturated rings. The highest BCUT2D eigenvalue weighted by Gasteiger charge is 2.39. The van der Waals surface area contributed by atoms with Crippen molar-refractivity contribution in [1.82, 2.24) is 15.1 Å². The van der Waals surface area contributed by atoms with E-state index in [0.29, 0.717) is 17.6 Å². The molecule has 3 atom stereocenters. The number of piperidine rings is 2. The van der Waals surface area contributed by atoms with Gasteiger partial charge in [0.1, 0.15) is 5.75 Å². The average Bonchev–Trinajstić information content (AvgIpc) is 3.46. The molecule has 0 spiro atoms. The lowest BCUT2D eigenvalue weighted by molar-refractivity contribution is 0.0809. The maximum atomic E-state index is 13.5. The Labute approximate surface area is 326 Å². The van der Waals surface area contributed by atoms with Gasteiger partial charge in [0.25, 0.3) is 5.91 Å². The second kappa shape index (κ2) is 14.8. The molecule has 282 valence electrons. The Morgan fingerprint density at radius 3 is 2.16 bits per heavy atom. The zero-order valence-electron chi connectivity index (χ0n) is 31.9. The third kappa shape index (κ3) is 6.84. The molecule has 55 heavy (non-hydrogen) atoms. The minimum absolute atomic E-state index is 0.0185. The van der Waals surface area contributed by atoms with Crippen LogP contribution in [-0.4, -0.2) is 72.7 Å². The molecule has 9 rings (SSSR count). The number of rotatable bonds is 7. The van der Waals surface area contributed by atoms with Crippen LogP contribution in [0.3, 0.4) is 0 Å². The normalized spacial score (nSPS) is 23.5. The van der Waals surface area contributed by atoms with E-state index in [2.05, 4.69) is 113 Å². The zero-order chi connectivity index (χ0) is 37.6. The number of anilines is 2. The first-order valence-corrected chi connectivity index (χ1v) is 20.3. The number of carbonyl (C=O) groups is 1. The van der Waals surface area contributed by atoms with E-state index in [1.165, 1.54) is 46.5 Å². The summed E-state index contributed by atoms with van der Waals surface area (Å²) in [4.78, 5) is 23.0. The van der Waals surface area contributed by atoms with Crippen molar-refractivity contribution in [2.24, 2.45) is 5.92 Å². The molecular weight excluding hydrogens is 679 g/mol. The second-order valence-corrected chi connectivity index (χ2v) is 16.4. The summed E-state index contributed by atoms with van der Waals surface area (Å²) in [6.07, 6.45) is 6.13. The first kappa shape index (κ1) is 35.4. The van der Waals surface area contributed by atoms with Gasteiger partial charge in [0, 0.05) is 91.3 Å². The van der Waals surface area contributed by atoms with Gasteiger partial charge in [-0.1, -0.05) is 68.3 Å². The molecule has 3 unspecified atom stereocenters. The van der Waals surface area contributed by atoms with Crippen molar-refractivity contribution in [3.8, 4) is 5.75 Å². The minimum atomic E-state index is -0.104. The number of nitrogens with one attached hydrogen (secondary N) is 1. The Bertz CT molecular complexity index is 2110. The fourth-order valence-corrected chi connectivity index (χ4v) is 10.1. The third-order valence-corrected chi connectivity index (χ3v) is 13.1. The smallest absolute Gasteiger partial charge is 0.259 e. The van der Waals surface area contributed by atoms with E-state index >= 15 is 0 Å². The summed E-state index contributed by atoms with van der Waals surface area (Å²) >= 11 is 0. The number of carbonyl (C=O) groups excluding carboxylic acids is 1. The molecule has 1 amide bonds. The van der Waals surface area contributed by atoms with Crippen LogP contribution in [0.5, 0.6) is 5.75 Å². The van der Waals surface area contributed by atoms with Crippen molar-refractivity contribution < 1.29 is 9.90 Å². The molecule has 4 aliphatic heterocycles. The van der Waals surface area contributed by atoms with Crippen molar-refractivity contribution in [1.29, 1.82) is 0 Å². The molecule has 0 saturated carbocycles. The van der Waals surface area contributed by atoms with Crippen LogP contribution in [0, 0.1) is 5.92 Å². The van der Waals surface area contributed by atoms with Crippen LogP contribution in [0.4, 0.5) is 11.4 Å². The van der Waals surface area contributed by atoms with Gasteiger partial charge in [0.15, 0.2) is 0 Å². The monoisotopic (exact) mass is 731 g/mol. The van der Waals surface area contributed by atoms with Gasteiger partial charge < -0.3 is 20.2 Å². The lowest BCUT2D eigenvalue weighted by atomic mass is 9.69. The molecule has 3 saturated heterocycles. The number of hydrogen-bond donors (Lipinski definition) is 2. The van der Waals surface area contributed by atoms with Crippen molar-refractivity contribution >= 4 is 23.0 Å². The van der Waals surface area contributed by atoms with E-state index in [4.69, 9.17) is 0 Å². The summed E-state index contributed by atoms with van der Waals surface area (Å²) < 4.78 is 0. The number of phenolic OH excluding ortho intramolecular Hbond substituents is 1.